The van der Waals surface area contributed by atoms with E-state index in [0.717, 1.165) is 23.5 Å². The summed E-state index contributed by atoms with van der Waals surface area (Å²) in [5, 5.41) is 0. The Balaban J connectivity index is 2.41. The van der Waals surface area contributed by atoms with Gasteiger partial charge in [-0.1, -0.05) is 11.3 Å². The molecular formula is C8H3F3O5S2. The number of benzene rings is 1. The molecular weight excluding hydrogens is 297 g/mol. The molecule has 5 nitrogen and oxygen atoms in total. The predicted molar refractivity (Wildman–Crippen MR) is 56.0 cm³/mol. The molecule has 18 heavy (non-hydrogen) atoms. The maximum atomic E-state index is 12.1. The van der Waals surface area contributed by atoms with Crippen LogP contribution in [0.4, 0.5) is 13.2 Å². The third-order valence-corrected chi connectivity index (χ3v) is 3.58. The van der Waals surface area contributed by atoms with Gasteiger partial charge in [-0.3, -0.25) is 0 Å². The lowest BCUT2D eigenvalue weighted by Crippen LogP contribution is -2.27. The largest absolute Gasteiger partial charge is 0.534 e. The molecule has 2 aromatic rings. The van der Waals surface area contributed by atoms with E-state index in [1.807, 2.05) is 0 Å². The monoisotopic (exact) mass is 300 g/mol. The Morgan fingerprint density at radius 1 is 1.28 bits per heavy atom. The molecule has 0 aliphatic rings. The second kappa shape index (κ2) is 3.99. The zero-order valence-electron chi connectivity index (χ0n) is 8.22. The highest BCUT2D eigenvalue weighted by Gasteiger charge is 2.48. The number of halogens is 3. The summed E-state index contributed by atoms with van der Waals surface area (Å²) in [6, 6.07) is 3.12. The summed E-state index contributed by atoms with van der Waals surface area (Å²) in [6.45, 7) is 0. The lowest BCUT2D eigenvalue weighted by Gasteiger charge is -2.08. The van der Waals surface area contributed by atoms with Crippen molar-refractivity contribution in [1.29, 1.82) is 0 Å². The van der Waals surface area contributed by atoms with Gasteiger partial charge in [0.1, 0.15) is 5.75 Å². The molecule has 0 aliphatic carbocycles. The zero-order valence-corrected chi connectivity index (χ0v) is 9.86. The minimum Gasteiger partial charge on any atom is -0.414 e. The molecule has 0 aliphatic heterocycles. The van der Waals surface area contributed by atoms with Gasteiger partial charge >= 0.3 is 20.6 Å². The number of alkyl halides is 3. The molecule has 0 amide bonds. The lowest BCUT2D eigenvalue weighted by molar-refractivity contribution is -0.0500. The van der Waals surface area contributed by atoms with Crippen LogP contribution >= 0.6 is 11.3 Å². The van der Waals surface area contributed by atoms with Crippen molar-refractivity contribution in [2.24, 2.45) is 0 Å². The number of fused-ring (bicyclic) bond motifs is 1. The molecule has 0 atom stereocenters. The van der Waals surface area contributed by atoms with Crippen molar-refractivity contribution in [3.05, 3.63) is 27.9 Å². The first-order valence-corrected chi connectivity index (χ1v) is 6.46. The summed E-state index contributed by atoms with van der Waals surface area (Å²) in [5.41, 5.74) is -5.56. The second-order valence-electron chi connectivity index (χ2n) is 3.05. The van der Waals surface area contributed by atoms with Crippen LogP contribution in [0.25, 0.3) is 10.3 Å². The molecule has 1 heterocycles. The summed E-state index contributed by atoms with van der Waals surface area (Å²) in [5.74, 6) is -0.582. The van der Waals surface area contributed by atoms with Crippen molar-refractivity contribution in [2.75, 3.05) is 0 Å². The molecule has 0 N–H and O–H groups in total. The summed E-state index contributed by atoms with van der Waals surface area (Å²) in [4.78, 5) is 10.2. The number of hydrogen-bond acceptors (Lipinski definition) is 6. The van der Waals surface area contributed by atoms with Crippen molar-refractivity contribution in [2.45, 2.75) is 5.51 Å². The normalized spacial score (nSPS) is 12.8. The topological polar surface area (TPSA) is 73.6 Å². The predicted octanol–water partition coefficient (Wildman–Crippen LogP) is 2.08. The van der Waals surface area contributed by atoms with Gasteiger partial charge in [0.25, 0.3) is 0 Å². The Labute approximate surface area is 102 Å². The fourth-order valence-electron chi connectivity index (χ4n) is 1.08. The fraction of sp³-hybridized carbons (Fsp3) is 0.125. The Morgan fingerprint density at radius 3 is 2.56 bits per heavy atom. The Hall–Kier alpha value is -1.55. The van der Waals surface area contributed by atoms with Crippen LogP contribution < -0.4 is 9.12 Å². The zero-order chi connectivity index (χ0) is 13.6. The van der Waals surface area contributed by atoms with E-state index in [-0.39, 0.29) is 5.58 Å². The van der Waals surface area contributed by atoms with Gasteiger partial charge in [-0.05, 0) is 12.1 Å². The standard InChI is InChI=1S/C8H3F3O5S2/c9-8(10,11)18(13,14)16-4-1-2-6-5(3-4)15-7(12)17-6/h1-3H. The highest BCUT2D eigenvalue weighted by molar-refractivity contribution is 7.88. The first-order chi connectivity index (χ1) is 8.19. The van der Waals surface area contributed by atoms with E-state index in [9.17, 15) is 26.4 Å². The van der Waals surface area contributed by atoms with Gasteiger partial charge in [0.15, 0.2) is 5.58 Å². The van der Waals surface area contributed by atoms with E-state index >= 15 is 0 Å². The fourth-order valence-corrected chi connectivity index (χ4v) is 2.18. The summed E-state index contributed by atoms with van der Waals surface area (Å²) in [7, 11) is -5.73. The smallest absolute Gasteiger partial charge is 0.414 e. The molecule has 0 bridgehead atoms. The van der Waals surface area contributed by atoms with Crippen molar-refractivity contribution < 1.29 is 30.2 Å². The average Bonchev–Trinajstić information content (AvgIpc) is 2.54. The molecule has 0 unspecified atom stereocenters. The van der Waals surface area contributed by atoms with E-state index in [4.69, 9.17) is 0 Å². The Morgan fingerprint density at radius 2 is 1.94 bits per heavy atom. The maximum Gasteiger partial charge on any atom is 0.534 e. The number of hydrogen-bond donors (Lipinski definition) is 0. The van der Waals surface area contributed by atoms with Gasteiger partial charge in [0.05, 0.1) is 4.70 Å². The second-order valence-corrected chi connectivity index (χ2v) is 5.56. The Bertz CT molecular complexity index is 740. The first kappa shape index (κ1) is 12.9. The summed E-state index contributed by atoms with van der Waals surface area (Å²) >= 11 is 0.735. The molecule has 0 radical (unpaired) electrons. The molecule has 1 aromatic carbocycles. The molecule has 98 valence electrons. The van der Waals surface area contributed by atoms with Crippen LogP contribution in [0, 0.1) is 0 Å². The minimum absolute atomic E-state index is 0.0418. The molecule has 0 saturated carbocycles. The van der Waals surface area contributed by atoms with E-state index in [2.05, 4.69) is 8.60 Å². The third kappa shape index (κ3) is 2.34. The van der Waals surface area contributed by atoms with Crippen LogP contribution in [-0.4, -0.2) is 13.9 Å². The molecule has 0 fully saturated rings. The number of rotatable bonds is 2. The molecule has 10 heteroatoms. The van der Waals surface area contributed by atoms with E-state index in [0.29, 0.717) is 4.70 Å². The highest BCUT2D eigenvalue weighted by atomic mass is 32.2. The lowest BCUT2D eigenvalue weighted by atomic mass is 10.3. The maximum absolute atomic E-state index is 12.1. The first-order valence-electron chi connectivity index (χ1n) is 4.23. The Kier molecular flexibility index (Phi) is 2.86. The molecule has 1 aromatic heterocycles. The SMILES string of the molecule is O=c1oc2cc(OS(=O)(=O)C(F)(F)F)ccc2s1. The van der Waals surface area contributed by atoms with Crippen LogP contribution in [0.5, 0.6) is 5.75 Å². The van der Waals surface area contributed by atoms with Gasteiger partial charge in [-0.2, -0.15) is 21.6 Å². The van der Waals surface area contributed by atoms with Crippen LogP contribution in [0.1, 0.15) is 0 Å². The molecule has 2 rings (SSSR count). The van der Waals surface area contributed by atoms with E-state index in [1.165, 1.54) is 6.07 Å². The van der Waals surface area contributed by atoms with Gasteiger partial charge in [0.2, 0.25) is 0 Å². The van der Waals surface area contributed by atoms with Crippen LogP contribution in [-0.2, 0) is 10.1 Å². The quantitative estimate of drug-likeness (QED) is 0.627. The van der Waals surface area contributed by atoms with Crippen molar-refractivity contribution >= 4 is 31.7 Å². The minimum atomic E-state index is -5.73. The van der Waals surface area contributed by atoms with Gasteiger partial charge in [0, 0.05) is 6.07 Å². The van der Waals surface area contributed by atoms with Crippen LogP contribution in [0.3, 0.4) is 0 Å². The van der Waals surface area contributed by atoms with E-state index in [1.54, 1.807) is 0 Å². The van der Waals surface area contributed by atoms with Crippen LogP contribution in [0.2, 0.25) is 0 Å². The highest BCUT2D eigenvalue weighted by Crippen LogP contribution is 2.29. The molecule has 0 saturated heterocycles. The van der Waals surface area contributed by atoms with Gasteiger partial charge < -0.3 is 8.60 Å². The van der Waals surface area contributed by atoms with Crippen molar-refractivity contribution in [1.82, 2.24) is 0 Å². The van der Waals surface area contributed by atoms with Crippen molar-refractivity contribution in [3.8, 4) is 5.75 Å². The average molecular weight is 300 g/mol. The van der Waals surface area contributed by atoms with Gasteiger partial charge in [-0.15, -0.1) is 0 Å². The van der Waals surface area contributed by atoms with Gasteiger partial charge in [-0.25, -0.2) is 4.79 Å². The van der Waals surface area contributed by atoms with E-state index < -0.39 is 26.3 Å². The molecule has 0 spiro atoms. The summed E-state index contributed by atoms with van der Waals surface area (Å²) < 4.78 is 66.5. The third-order valence-electron chi connectivity index (χ3n) is 1.79. The summed E-state index contributed by atoms with van der Waals surface area (Å²) in [6.07, 6.45) is 0. The van der Waals surface area contributed by atoms with Crippen molar-refractivity contribution in [3.63, 3.8) is 0 Å². The van der Waals surface area contributed by atoms with Crippen LogP contribution in [0.15, 0.2) is 27.4 Å².